The highest BCUT2D eigenvalue weighted by Crippen LogP contribution is 2.43. The molecule has 0 saturated carbocycles. The predicted octanol–water partition coefficient (Wildman–Crippen LogP) is 15.9. The Kier molecular flexibility index (Phi) is 44.9. The van der Waals surface area contributed by atoms with E-state index in [9.17, 15) is 14.3 Å². The second-order valence-electron chi connectivity index (χ2n) is 18.5. The van der Waals surface area contributed by atoms with E-state index in [0.717, 1.165) is 64.2 Å². The molecule has 62 heavy (non-hydrogen) atoms. The van der Waals surface area contributed by atoms with E-state index >= 15 is 0 Å². The number of carbonyl (C=O) groups excluding carboxylic acids is 1. The van der Waals surface area contributed by atoms with Crippen LogP contribution in [0.4, 0.5) is 0 Å². The zero-order chi connectivity index (χ0) is 45.5. The topological polar surface area (TPSA) is 91.3 Å². The van der Waals surface area contributed by atoms with Crippen LogP contribution in [0.5, 0.6) is 0 Å². The van der Waals surface area contributed by atoms with Crippen molar-refractivity contribution in [1.29, 1.82) is 0 Å². The molecule has 364 valence electrons. The Morgan fingerprint density at radius 1 is 0.516 bits per heavy atom. The SMILES string of the molecule is CC/C=C\C/C=C\C/C=C\C/C=C\CCCCCCCCCOCC(COP(=O)(O)OCC[N+](C)(C)C)OC(=O)CCCCCCCCCCCCCCCCCCCCCC. The highest BCUT2D eigenvalue weighted by atomic mass is 31.2. The van der Waals surface area contributed by atoms with Crippen molar-refractivity contribution in [3.63, 3.8) is 0 Å². The smallest absolute Gasteiger partial charge is 0.457 e. The molecule has 0 radical (unpaired) electrons. The van der Waals surface area contributed by atoms with E-state index in [2.05, 4.69) is 62.5 Å². The van der Waals surface area contributed by atoms with E-state index in [1.807, 2.05) is 21.1 Å². The number of carbonyl (C=O) groups is 1. The minimum absolute atomic E-state index is 0.0863. The number of nitrogens with zero attached hydrogens (tertiary/aromatic N) is 1. The first-order chi connectivity index (χ1) is 30.1. The molecule has 0 rings (SSSR count). The molecule has 0 aromatic heterocycles. The summed E-state index contributed by atoms with van der Waals surface area (Å²) in [6.07, 6.45) is 57.3. The number of hydrogen-bond acceptors (Lipinski definition) is 6. The summed E-state index contributed by atoms with van der Waals surface area (Å²) in [6, 6.07) is 0. The van der Waals surface area contributed by atoms with Gasteiger partial charge in [-0.05, 0) is 51.4 Å². The average molecular weight is 895 g/mol. The summed E-state index contributed by atoms with van der Waals surface area (Å²) in [5.74, 6) is -0.315. The van der Waals surface area contributed by atoms with Gasteiger partial charge in [0.25, 0.3) is 0 Å². The second kappa shape index (κ2) is 46.0. The first-order valence-corrected chi connectivity index (χ1v) is 27.4. The van der Waals surface area contributed by atoms with Crippen LogP contribution in [0.1, 0.15) is 226 Å². The highest BCUT2D eigenvalue weighted by Gasteiger charge is 2.26. The maximum atomic E-state index is 12.8. The van der Waals surface area contributed by atoms with Crippen LogP contribution in [0.2, 0.25) is 0 Å². The summed E-state index contributed by atoms with van der Waals surface area (Å²) < 4.78 is 35.2. The molecule has 9 heteroatoms. The van der Waals surface area contributed by atoms with Gasteiger partial charge in [-0.3, -0.25) is 13.8 Å². The summed E-state index contributed by atoms with van der Waals surface area (Å²) in [7, 11) is 1.66. The van der Waals surface area contributed by atoms with Crippen LogP contribution in [0.25, 0.3) is 0 Å². The van der Waals surface area contributed by atoms with Crippen molar-refractivity contribution in [1.82, 2.24) is 0 Å². The lowest BCUT2D eigenvalue weighted by Gasteiger charge is -2.24. The first-order valence-electron chi connectivity index (χ1n) is 25.9. The van der Waals surface area contributed by atoms with Gasteiger partial charge in [0, 0.05) is 13.0 Å². The molecule has 0 heterocycles. The van der Waals surface area contributed by atoms with Crippen LogP contribution in [0, 0.1) is 0 Å². The summed E-state index contributed by atoms with van der Waals surface area (Å²) in [4.78, 5) is 23.0. The number of esters is 1. The molecule has 0 aromatic carbocycles. The molecule has 0 amide bonds. The third-order valence-electron chi connectivity index (χ3n) is 11.2. The fourth-order valence-electron chi connectivity index (χ4n) is 7.19. The first kappa shape index (κ1) is 60.5. The number of likely N-dealkylation sites (N-methyl/N-ethyl adjacent to an activating group) is 1. The van der Waals surface area contributed by atoms with Gasteiger partial charge in [-0.2, -0.15) is 0 Å². The van der Waals surface area contributed by atoms with Gasteiger partial charge in [0.05, 0.1) is 34.4 Å². The maximum Gasteiger partial charge on any atom is 0.472 e. The molecule has 2 unspecified atom stereocenters. The standard InChI is InChI=1S/C53H100NO7P/c1-6-8-10-12-14-16-18-20-22-24-26-28-30-32-34-36-38-40-42-44-46-53(55)61-52(51-60-62(56,57)59-49-47-54(3,4)5)50-58-48-45-43-41-39-37-35-33-31-29-27-25-23-21-19-17-15-13-11-9-7-2/h9,11,15,17,21,23,27,29,52H,6-8,10,12-14,16,18-20,22,24-26,28,30-51H2,1-5H3/p+1/b11-9-,17-15-,23-21-,29-27-. The van der Waals surface area contributed by atoms with Crippen molar-refractivity contribution in [3.05, 3.63) is 48.6 Å². The Hall–Kier alpha value is -1.54. The minimum atomic E-state index is -4.28. The third-order valence-corrected chi connectivity index (χ3v) is 12.1. The Balaban J connectivity index is 4.14. The molecular formula is C53H101NO7P+. The number of hydrogen-bond donors (Lipinski definition) is 1. The largest absolute Gasteiger partial charge is 0.472 e. The molecular weight excluding hydrogens is 794 g/mol. The number of ether oxygens (including phenoxy) is 2. The lowest BCUT2D eigenvalue weighted by molar-refractivity contribution is -0.870. The second-order valence-corrected chi connectivity index (χ2v) is 20.0. The van der Waals surface area contributed by atoms with Gasteiger partial charge in [-0.25, -0.2) is 4.57 Å². The zero-order valence-corrected chi connectivity index (χ0v) is 42.3. The number of phosphoric ester groups is 1. The van der Waals surface area contributed by atoms with Gasteiger partial charge in [0.15, 0.2) is 0 Å². The molecule has 0 bridgehead atoms. The lowest BCUT2D eigenvalue weighted by Crippen LogP contribution is -2.37. The molecule has 0 aliphatic rings. The normalized spacial score (nSPS) is 14.0. The molecule has 0 fully saturated rings. The Labute approximate surface area is 384 Å². The number of quaternary nitrogens is 1. The van der Waals surface area contributed by atoms with E-state index in [4.69, 9.17) is 18.5 Å². The van der Waals surface area contributed by atoms with Gasteiger partial charge < -0.3 is 18.9 Å². The van der Waals surface area contributed by atoms with E-state index in [-0.39, 0.29) is 25.8 Å². The fraction of sp³-hybridized carbons (Fsp3) is 0.830. The lowest BCUT2D eigenvalue weighted by atomic mass is 10.0. The van der Waals surface area contributed by atoms with Crippen LogP contribution in [0.3, 0.4) is 0 Å². The summed E-state index contributed by atoms with van der Waals surface area (Å²) in [5, 5.41) is 0. The summed E-state index contributed by atoms with van der Waals surface area (Å²) >= 11 is 0. The Morgan fingerprint density at radius 2 is 0.935 bits per heavy atom. The molecule has 0 aliphatic heterocycles. The van der Waals surface area contributed by atoms with Crippen molar-refractivity contribution >= 4 is 13.8 Å². The molecule has 0 spiro atoms. The number of rotatable bonds is 48. The molecule has 8 nitrogen and oxygen atoms in total. The van der Waals surface area contributed by atoms with E-state index in [0.29, 0.717) is 24.1 Å². The van der Waals surface area contributed by atoms with Crippen LogP contribution in [-0.2, 0) is 27.9 Å². The van der Waals surface area contributed by atoms with E-state index < -0.39 is 13.9 Å². The molecule has 0 aliphatic carbocycles. The molecule has 0 saturated heterocycles. The van der Waals surface area contributed by atoms with Crippen molar-refractivity contribution in [2.75, 3.05) is 54.1 Å². The Morgan fingerprint density at radius 3 is 1.40 bits per heavy atom. The zero-order valence-electron chi connectivity index (χ0n) is 41.4. The molecule has 1 N–H and O–H groups in total. The maximum absolute atomic E-state index is 12.8. The van der Waals surface area contributed by atoms with Gasteiger partial charge in [0.2, 0.25) is 0 Å². The van der Waals surface area contributed by atoms with E-state index in [1.54, 1.807) is 0 Å². The fourth-order valence-corrected chi connectivity index (χ4v) is 7.93. The van der Waals surface area contributed by atoms with Crippen molar-refractivity contribution < 1.29 is 37.3 Å². The van der Waals surface area contributed by atoms with Crippen LogP contribution in [-0.4, -0.2) is 75.6 Å². The average Bonchev–Trinajstić information content (AvgIpc) is 3.23. The number of allylic oxidation sites excluding steroid dienone is 8. The van der Waals surface area contributed by atoms with Gasteiger partial charge in [-0.15, -0.1) is 0 Å². The summed E-state index contributed by atoms with van der Waals surface area (Å²) in [6.45, 7) is 5.52. The number of unbranched alkanes of at least 4 members (excludes halogenated alkanes) is 26. The van der Waals surface area contributed by atoms with Gasteiger partial charge in [0.1, 0.15) is 19.3 Å². The highest BCUT2D eigenvalue weighted by molar-refractivity contribution is 7.47. The quantitative estimate of drug-likeness (QED) is 0.0214. The minimum Gasteiger partial charge on any atom is -0.457 e. The van der Waals surface area contributed by atoms with Crippen LogP contribution < -0.4 is 0 Å². The monoisotopic (exact) mass is 895 g/mol. The third kappa shape index (κ3) is 49.5. The predicted molar refractivity (Wildman–Crippen MR) is 266 cm³/mol. The molecule has 2 atom stereocenters. The van der Waals surface area contributed by atoms with Crippen LogP contribution >= 0.6 is 7.82 Å². The van der Waals surface area contributed by atoms with Gasteiger partial charge in [-0.1, -0.05) is 217 Å². The van der Waals surface area contributed by atoms with E-state index in [1.165, 1.54) is 141 Å². The van der Waals surface area contributed by atoms with Gasteiger partial charge >= 0.3 is 13.8 Å². The van der Waals surface area contributed by atoms with Crippen molar-refractivity contribution in [2.24, 2.45) is 0 Å². The van der Waals surface area contributed by atoms with Crippen molar-refractivity contribution in [3.8, 4) is 0 Å². The van der Waals surface area contributed by atoms with Crippen LogP contribution in [0.15, 0.2) is 48.6 Å². The number of phosphoric acid groups is 1. The molecule has 0 aromatic rings. The summed E-state index contributed by atoms with van der Waals surface area (Å²) in [5.41, 5.74) is 0. The Bertz CT molecular complexity index is 1130. The van der Waals surface area contributed by atoms with Crippen molar-refractivity contribution in [2.45, 2.75) is 232 Å².